The molecule has 0 aliphatic carbocycles. The van der Waals surface area contributed by atoms with Crippen LogP contribution in [0, 0.1) is 17.5 Å². The van der Waals surface area contributed by atoms with Crippen LogP contribution in [0.25, 0.3) is 0 Å². The van der Waals surface area contributed by atoms with Gasteiger partial charge in [-0.25, -0.2) is 23.1 Å². The number of nitrogens with zero attached hydrogens (tertiary/aromatic N) is 3. The molecule has 0 saturated heterocycles. The van der Waals surface area contributed by atoms with Gasteiger partial charge in [0.25, 0.3) is 5.91 Å². The Balaban J connectivity index is 1.94. The molecule has 2 amide bonds. The van der Waals surface area contributed by atoms with E-state index in [1.807, 2.05) is 0 Å². The number of nitrogens with two attached hydrogens (primary N) is 1. The van der Waals surface area contributed by atoms with Gasteiger partial charge in [-0.15, -0.1) is 0 Å². The highest BCUT2D eigenvalue weighted by atomic mass is 19.1. The number of nitrogens with one attached hydrogen (secondary N) is 1. The Hall–Kier alpha value is -3.43. The lowest BCUT2D eigenvalue weighted by atomic mass is 9.87. The molecule has 0 fully saturated rings. The number of hydrogen-bond acceptors (Lipinski definition) is 5. The summed E-state index contributed by atoms with van der Waals surface area (Å²) in [6.45, 7) is 1.54. The third kappa shape index (κ3) is 3.53. The van der Waals surface area contributed by atoms with Crippen LogP contribution in [0.1, 0.15) is 29.4 Å². The highest BCUT2D eigenvalue weighted by Crippen LogP contribution is 2.35. The summed E-state index contributed by atoms with van der Waals surface area (Å²) in [5, 5.41) is 2.37. The number of anilines is 1. The van der Waals surface area contributed by atoms with E-state index >= 15 is 0 Å². The van der Waals surface area contributed by atoms with E-state index in [9.17, 15) is 22.8 Å². The van der Waals surface area contributed by atoms with Gasteiger partial charge in [-0.1, -0.05) is 0 Å². The highest BCUT2D eigenvalue weighted by molar-refractivity contribution is 6.03. The summed E-state index contributed by atoms with van der Waals surface area (Å²) in [6.07, 6.45) is 0.573. The van der Waals surface area contributed by atoms with Crippen molar-refractivity contribution in [2.45, 2.75) is 18.9 Å². The van der Waals surface area contributed by atoms with Gasteiger partial charge < -0.3 is 11.1 Å². The number of carbonyl (C=O) groups excluding carboxylic acids is 2. The summed E-state index contributed by atoms with van der Waals surface area (Å²) in [4.78, 5) is 33.1. The van der Waals surface area contributed by atoms with Gasteiger partial charge in [0.1, 0.15) is 11.6 Å². The molecular weight excluding hydrogens is 375 g/mol. The Morgan fingerprint density at radius 3 is 2.61 bits per heavy atom. The Morgan fingerprint density at radius 2 is 1.96 bits per heavy atom. The molecule has 1 aromatic heterocycles. The van der Waals surface area contributed by atoms with E-state index in [0.717, 1.165) is 11.0 Å². The molecule has 0 spiro atoms. The van der Waals surface area contributed by atoms with E-state index in [2.05, 4.69) is 15.3 Å². The number of carbonyl (C=O) groups is 2. The number of aliphatic imine (C=N–C) groups is 1. The van der Waals surface area contributed by atoms with Crippen LogP contribution in [-0.2, 0) is 10.3 Å². The van der Waals surface area contributed by atoms with Gasteiger partial charge in [0.05, 0.1) is 18.2 Å². The summed E-state index contributed by atoms with van der Waals surface area (Å²) < 4.78 is 41.1. The number of benzene rings is 1. The number of halogens is 3. The molecule has 7 nitrogen and oxygen atoms in total. The van der Waals surface area contributed by atoms with Crippen LogP contribution in [0.3, 0.4) is 0 Å². The molecule has 0 saturated carbocycles. The Labute approximate surface area is 158 Å². The largest absolute Gasteiger partial charge is 0.369 e. The van der Waals surface area contributed by atoms with Crippen molar-refractivity contribution in [3.63, 3.8) is 0 Å². The van der Waals surface area contributed by atoms with Crippen LogP contribution in [0.2, 0.25) is 0 Å². The average Bonchev–Trinajstić information content (AvgIpc) is 2.61. The van der Waals surface area contributed by atoms with E-state index in [1.54, 1.807) is 0 Å². The summed E-state index contributed by atoms with van der Waals surface area (Å²) in [5.41, 5.74) is 3.99. The van der Waals surface area contributed by atoms with Crippen molar-refractivity contribution >= 4 is 23.5 Å². The number of pyridine rings is 1. The summed E-state index contributed by atoms with van der Waals surface area (Å²) in [6, 6.07) is 4.15. The molecular formula is C18H16F3N5O2. The molecule has 2 heterocycles. The molecule has 28 heavy (non-hydrogen) atoms. The summed E-state index contributed by atoms with van der Waals surface area (Å²) >= 11 is 0. The molecule has 3 N–H and O–H groups in total. The normalized spacial score (nSPS) is 19.4. The van der Waals surface area contributed by atoms with Gasteiger partial charge in [0.2, 0.25) is 5.91 Å². The Morgan fingerprint density at radius 1 is 1.25 bits per heavy atom. The van der Waals surface area contributed by atoms with E-state index in [4.69, 9.17) is 5.73 Å². The first-order valence-corrected chi connectivity index (χ1v) is 8.15. The highest BCUT2D eigenvalue weighted by Gasteiger charge is 2.38. The fourth-order valence-electron chi connectivity index (χ4n) is 2.85. The maximum atomic E-state index is 14.5. The predicted molar refractivity (Wildman–Crippen MR) is 94.9 cm³/mol. The molecule has 0 radical (unpaired) electrons. The zero-order valence-electron chi connectivity index (χ0n) is 15.0. The van der Waals surface area contributed by atoms with Crippen LogP contribution < -0.4 is 11.1 Å². The van der Waals surface area contributed by atoms with Crippen LogP contribution in [0.4, 0.5) is 18.9 Å². The lowest BCUT2D eigenvalue weighted by Gasteiger charge is -2.34. The maximum absolute atomic E-state index is 14.5. The first-order chi connectivity index (χ1) is 13.1. The Bertz CT molecular complexity index is 1010. The van der Waals surface area contributed by atoms with Gasteiger partial charge >= 0.3 is 0 Å². The van der Waals surface area contributed by atoms with Crippen molar-refractivity contribution < 1.29 is 22.8 Å². The molecule has 146 valence electrons. The lowest BCUT2D eigenvalue weighted by Crippen LogP contribution is -2.47. The third-order valence-corrected chi connectivity index (χ3v) is 4.40. The first-order valence-electron chi connectivity index (χ1n) is 8.15. The standard InChI is InChI=1S/C18H16F3N5O2/c1-18(7-14(27)26(2)17(22)25-18)11-6-10(3-4-12(11)20)24-16(28)15-13(21)5-9(19)8-23-15/h3-6,8H,7H2,1-2H3,(H2,22,25)(H,24,28). The zero-order chi connectivity index (χ0) is 20.6. The minimum atomic E-state index is -1.28. The first kappa shape index (κ1) is 19.3. The fourth-order valence-corrected chi connectivity index (χ4v) is 2.85. The number of aromatic nitrogens is 1. The molecule has 1 atom stereocenters. The van der Waals surface area contributed by atoms with E-state index in [1.165, 1.54) is 26.1 Å². The average molecular weight is 391 g/mol. The topological polar surface area (TPSA) is 101 Å². The molecule has 1 aromatic carbocycles. The monoisotopic (exact) mass is 391 g/mol. The van der Waals surface area contributed by atoms with E-state index in [0.29, 0.717) is 12.3 Å². The minimum Gasteiger partial charge on any atom is -0.369 e. The fraction of sp³-hybridized carbons (Fsp3) is 0.222. The van der Waals surface area contributed by atoms with Crippen LogP contribution in [-0.4, -0.2) is 34.7 Å². The van der Waals surface area contributed by atoms with Crippen LogP contribution >= 0.6 is 0 Å². The van der Waals surface area contributed by atoms with Crippen molar-refractivity contribution in [2.75, 3.05) is 12.4 Å². The predicted octanol–water partition coefficient (Wildman–Crippen LogP) is 2.14. The number of hydrogen-bond donors (Lipinski definition) is 2. The summed E-state index contributed by atoms with van der Waals surface area (Å²) in [5.74, 6) is -4.06. The Kier molecular flexibility index (Phi) is 4.80. The van der Waals surface area contributed by atoms with Crippen LogP contribution in [0.5, 0.6) is 0 Å². The van der Waals surface area contributed by atoms with Crippen molar-refractivity contribution in [1.29, 1.82) is 0 Å². The zero-order valence-corrected chi connectivity index (χ0v) is 15.0. The molecule has 2 aromatic rings. The van der Waals surface area contributed by atoms with Crippen molar-refractivity contribution in [3.05, 3.63) is 59.2 Å². The lowest BCUT2D eigenvalue weighted by molar-refractivity contribution is -0.128. The van der Waals surface area contributed by atoms with E-state index in [-0.39, 0.29) is 29.5 Å². The number of guanidine groups is 1. The van der Waals surface area contributed by atoms with Crippen molar-refractivity contribution in [3.8, 4) is 0 Å². The molecule has 0 bridgehead atoms. The van der Waals surface area contributed by atoms with E-state index < -0.39 is 34.6 Å². The number of amides is 2. The number of rotatable bonds is 3. The maximum Gasteiger partial charge on any atom is 0.277 e. The second-order valence-corrected chi connectivity index (χ2v) is 6.51. The second-order valence-electron chi connectivity index (χ2n) is 6.51. The van der Waals surface area contributed by atoms with Gasteiger partial charge in [0, 0.05) is 24.4 Å². The van der Waals surface area contributed by atoms with Crippen molar-refractivity contribution in [2.24, 2.45) is 10.7 Å². The van der Waals surface area contributed by atoms with Gasteiger partial charge in [-0.3, -0.25) is 14.5 Å². The van der Waals surface area contributed by atoms with Crippen molar-refractivity contribution in [1.82, 2.24) is 9.88 Å². The second kappa shape index (κ2) is 6.95. The molecule has 1 aliphatic heterocycles. The van der Waals surface area contributed by atoms with Gasteiger partial charge in [0.15, 0.2) is 17.5 Å². The summed E-state index contributed by atoms with van der Waals surface area (Å²) in [7, 11) is 1.46. The minimum absolute atomic E-state index is 0.0298. The SMILES string of the molecule is CN1C(=O)CC(C)(c2cc(NC(=O)c3ncc(F)cc3F)ccc2F)N=C1N. The van der Waals surface area contributed by atoms with Crippen LogP contribution in [0.15, 0.2) is 35.5 Å². The van der Waals surface area contributed by atoms with Gasteiger partial charge in [-0.05, 0) is 25.1 Å². The quantitative estimate of drug-likeness (QED) is 0.837. The third-order valence-electron chi connectivity index (χ3n) is 4.40. The molecule has 1 unspecified atom stereocenters. The smallest absolute Gasteiger partial charge is 0.277 e. The molecule has 3 rings (SSSR count). The molecule has 10 heteroatoms. The molecule has 1 aliphatic rings. The van der Waals surface area contributed by atoms with Gasteiger partial charge in [-0.2, -0.15) is 0 Å².